The molecule has 27 heavy (non-hydrogen) atoms. The van der Waals surface area contributed by atoms with E-state index in [1.165, 1.54) is 19.2 Å². The van der Waals surface area contributed by atoms with Crippen LogP contribution in [0.25, 0.3) is 0 Å². The minimum Gasteiger partial charge on any atom is -0.473 e. The van der Waals surface area contributed by atoms with Gasteiger partial charge in [0, 0.05) is 25.2 Å². The van der Waals surface area contributed by atoms with Crippen LogP contribution < -0.4 is 9.47 Å². The summed E-state index contributed by atoms with van der Waals surface area (Å²) in [7, 11) is 1.34. The highest BCUT2D eigenvalue weighted by Gasteiger charge is 2.35. The molecule has 0 aliphatic carbocycles. The van der Waals surface area contributed by atoms with E-state index in [9.17, 15) is 17.6 Å². The maximum atomic E-state index is 12.9. The Bertz CT molecular complexity index is 937. The van der Waals surface area contributed by atoms with Gasteiger partial charge in [-0.15, -0.1) is 0 Å². The second-order valence-electron chi connectivity index (χ2n) is 5.83. The molecule has 0 fully saturated rings. The molecule has 0 bridgehead atoms. The first-order valence-electron chi connectivity index (χ1n) is 7.86. The minimum absolute atomic E-state index is 0.0702. The van der Waals surface area contributed by atoms with Crippen molar-refractivity contribution in [2.24, 2.45) is 7.05 Å². The summed E-state index contributed by atoms with van der Waals surface area (Å²) in [5.74, 6) is -0.157. The molecule has 3 aromatic rings. The van der Waals surface area contributed by atoms with Crippen molar-refractivity contribution in [3.63, 3.8) is 0 Å². The Morgan fingerprint density at radius 1 is 1.04 bits per heavy atom. The number of pyridine rings is 1. The van der Waals surface area contributed by atoms with Gasteiger partial charge in [0.15, 0.2) is 5.69 Å². The van der Waals surface area contributed by atoms with Crippen molar-refractivity contribution in [3.05, 3.63) is 65.1 Å². The van der Waals surface area contributed by atoms with Gasteiger partial charge < -0.3 is 9.47 Å². The quantitative estimate of drug-likeness (QED) is 0.604. The summed E-state index contributed by atoms with van der Waals surface area (Å²) in [6.45, 7) is 1.92. The van der Waals surface area contributed by atoms with Crippen LogP contribution in [0.4, 0.5) is 17.6 Å². The van der Waals surface area contributed by atoms with Crippen LogP contribution in [0.1, 0.15) is 16.8 Å². The lowest BCUT2D eigenvalue weighted by atomic mass is 10.2. The van der Waals surface area contributed by atoms with Gasteiger partial charge in [-0.2, -0.15) is 23.3 Å². The summed E-state index contributed by atoms with van der Waals surface area (Å²) in [6, 6.07) is 9.80. The highest BCUT2D eigenvalue weighted by molar-refractivity contribution is 5.31. The summed E-state index contributed by atoms with van der Waals surface area (Å²) in [5, 5.41) is 3.38. The van der Waals surface area contributed by atoms with E-state index in [0.29, 0.717) is 0 Å². The van der Waals surface area contributed by atoms with Crippen LogP contribution in [0.15, 0.2) is 42.5 Å². The normalized spacial score (nSPS) is 11.5. The fraction of sp³-hybridized carbons (Fsp3) is 0.222. The van der Waals surface area contributed by atoms with Gasteiger partial charge in [-0.05, 0) is 30.2 Å². The van der Waals surface area contributed by atoms with Crippen LogP contribution >= 0.6 is 0 Å². The summed E-state index contributed by atoms with van der Waals surface area (Å²) in [4.78, 5) is 4.13. The third-order valence-corrected chi connectivity index (χ3v) is 3.56. The first-order chi connectivity index (χ1) is 12.7. The SMILES string of the molecule is Cc1cc(OCc2ccc(F)cc2)nc(Oc2cc(C(F)(F)F)nn2C)c1. The van der Waals surface area contributed by atoms with Crippen molar-refractivity contribution < 1.29 is 27.0 Å². The molecule has 0 radical (unpaired) electrons. The highest BCUT2D eigenvalue weighted by Crippen LogP contribution is 2.32. The van der Waals surface area contributed by atoms with Crippen LogP contribution in [-0.2, 0) is 19.8 Å². The second kappa shape index (κ2) is 7.26. The average molecular weight is 381 g/mol. The van der Waals surface area contributed by atoms with E-state index in [2.05, 4.69) is 10.1 Å². The van der Waals surface area contributed by atoms with Crippen molar-refractivity contribution in [1.29, 1.82) is 0 Å². The molecular weight excluding hydrogens is 366 g/mol. The van der Waals surface area contributed by atoms with Crippen molar-refractivity contribution in [1.82, 2.24) is 14.8 Å². The Kier molecular flexibility index (Phi) is 5.02. The lowest BCUT2D eigenvalue weighted by Crippen LogP contribution is -2.06. The van der Waals surface area contributed by atoms with Crippen molar-refractivity contribution >= 4 is 0 Å². The number of benzene rings is 1. The molecule has 0 amide bonds. The van der Waals surface area contributed by atoms with Gasteiger partial charge in [0.1, 0.15) is 12.4 Å². The third kappa shape index (κ3) is 4.75. The molecule has 0 atom stereocenters. The van der Waals surface area contributed by atoms with Gasteiger partial charge in [-0.1, -0.05) is 12.1 Å². The van der Waals surface area contributed by atoms with Crippen molar-refractivity contribution in [2.75, 3.05) is 0 Å². The third-order valence-electron chi connectivity index (χ3n) is 3.56. The van der Waals surface area contributed by atoms with Gasteiger partial charge in [0.25, 0.3) is 0 Å². The van der Waals surface area contributed by atoms with Crippen LogP contribution in [0.2, 0.25) is 0 Å². The summed E-state index contributed by atoms with van der Waals surface area (Å²) >= 11 is 0. The number of alkyl halides is 3. The van der Waals surface area contributed by atoms with Gasteiger partial charge in [-0.3, -0.25) is 0 Å². The number of rotatable bonds is 5. The molecule has 9 heteroatoms. The largest absolute Gasteiger partial charge is 0.473 e. The van der Waals surface area contributed by atoms with Gasteiger partial charge in [0.2, 0.25) is 17.6 Å². The summed E-state index contributed by atoms with van der Waals surface area (Å²) in [6.07, 6.45) is -4.57. The van der Waals surface area contributed by atoms with Crippen LogP contribution in [0, 0.1) is 12.7 Å². The Hall–Kier alpha value is -3.10. The molecule has 5 nitrogen and oxygen atoms in total. The van der Waals surface area contributed by atoms with Gasteiger partial charge in [0.05, 0.1) is 0 Å². The molecule has 0 spiro atoms. The number of hydrogen-bond donors (Lipinski definition) is 0. The number of halogens is 4. The van der Waals surface area contributed by atoms with Crippen molar-refractivity contribution in [3.8, 4) is 17.6 Å². The summed E-state index contributed by atoms with van der Waals surface area (Å²) in [5.41, 5.74) is 0.427. The Balaban J connectivity index is 1.75. The van der Waals surface area contributed by atoms with E-state index in [0.717, 1.165) is 21.9 Å². The number of aromatic nitrogens is 3. The zero-order valence-electron chi connectivity index (χ0n) is 14.4. The van der Waals surface area contributed by atoms with Gasteiger partial charge in [-0.25, -0.2) is 9.07 Å². The first kappa shape index (κ1) is 18.7. The lowest BCUT2D eigenvalue weighted by molar-refractivity contribution is -0.141. The zero-order chi connectivity index (χ0) is 19.6. The van der Waals surface area contributed by atoms with Crippen LogP contribution in [-0.4, -0.2) is 14.8 Å². The van der Waals surface area contributed by atoms with E-state index in [1.54, 1.807) is 31.2 Å². The molecule has 0 saturated heterocycles. The molecule has 0 unspecified atom stereocenters. The predicted molar refractivity (Wildman–Crippen MR) is 88.0 cm³/mol. The fourth-order valence-corrected chi connectivity index (χ4v) is 2.26. The zero-order valence-corrected chi connectivity index (χ0v) is 14.4. The first-order valence-corrected chi connectivity index (χ1v) is 7.86. The number of nitrogens with zero attached hydrogens (tertiary/aromatic N) is 3. The second-order valence-corrected chi connectivity index (χ2v) is 5.83. The number of hydrogen-bond acceptors (Lipinski definition) is 4. The fourth-order valence-electron chi connectivity index (χ4n) is 2.26. The van der Waals surface area contributed by atoms with E-state index in [1.807, 2.05) is 0 Å². The molecule has 0 N–H and O–H groups in total. The number of ether oxygens (including phenoxy) is 2. The molecule has 0 aliphatic rings. The molecule has 1 aromatic carbocycles. The van der Waals surface area contributed by atoms with Crippen LogP contribution in [0.5, 0.6) is 17.6 Å². The van der Waals surface area contributed by atoms with E-state index in [-0.39, 0.29) is 30.1 Å². The summed E-state index contributed by atoms with van der Waals surface area (Å²) < 4.78 is 63.1. The molecule has 0 saturated carbocycles. The molecule has 142 valence electrons. The van der Waals surface area contributed by atoms with Crippen LogP contribution in [0.3, 0.4) is 0 Å². The van der Waals surface area contributed by atoms with E-state index < -0.39 is 11.9 Å². The molecular formula is C18H15F4N3O2. The average Bonchev–Trinajstić information content (AvgIpc) is 2.95. The van der Waals surface area contributed by atoms with E-state index in [4.69, 9.17) is 9.47 Å². The Morgan fingerprint density at radius 2 is 1.70 bits per heavy atom. The van der Waals surface area contributed by atoms with E-state index >= 15 is 0 Å². The number of aryl methyl sites for hydroxylation is 2. The highest BCUT2D eigenvalue weighted by atomic mass is 19.4. The molecule has 2 aromatic heterocycles. The minimum atomic E-state index is -4.57. The Labute approximate surface area is 152 Å². The maximum Gasteiger partial charge on any atom is 0.435 e. The molecule has 3 rings (SSSR count). The smallest absolute Gasteiger partial charge is 0.435 e. The standard InChI is InChI=1S/C18H15F4N3O2/c1-11-7-15(26-10-12-3-5-13(19)6-4-12)23-16(8-11)27-17-9-14(18(20,21)22)24-25(17)2/h3-9H,10H2,1-2H3. The monoisotopic (exact) mass is 381 g/mol. The molecule has 2 heterocycles. The lowest BCUT2D eigenvalue weighted by Gasteiger charge is -2.09. The Morgan fingerprint density at radius 3 is 2.33 bits per heavy atom. The van der Waals surface area contributed by atoms with Crippen molar-refractivity contribution in [2.45, 2.75) is 19.7 Å². The van der Waals surface area contributed by atoms with Gasteiger partial charge >= 0.3 is 6.18 Å². The molecule has 0 aliphatic heterocycles. The predicted octanol–water partition coefficient (Wildman–Crippen LogP) is 4.65. The maximum absolute atomic E-state index is 12.9. The topological polar surface area (TPSA) is 49.2 Å².